The van der Waals surface area contributed by atoms with E-state index in [-0.39, 0.29) is 6.54 Å². The summed E-state index contributed by atoms with van der Waals surface area (Å²) in [5, 5.41) is 3.60. The molecule has 0 amide bonds. The van der Waals surface area contributed by atoms with E-state index in [1.807, 2.05) is 13.0 Å². The van der Waals surface area contributed by atoms with E-state index < -0.39 is 11.9 Å². The average Bonchev–Trinajstić information content (AvgIpc) is 2.73. The lowest BCUT2D eigenvalue weighted by atomic mass is 10.2. The first-order chi connectivity index (χ1) is 8.91. The predicted molar refractivity (Wildman–Crippen MR) is 66.0 cm³/mol. The molecule has 0 fully saturated rings. The van der Waals surface area contributed by atoms with E-state index in [1.54, 1.807) is 18.2 Å². The standard InChI is InChI=1S/C12H11ClF3N3/c1-8-3-2-4-9(5-8)19-10(7-17-13)6-11(18-19)12(14,15)16/h2-6,17H,7H2,1H3. The maximum Gasteiger partial charge on any atom is 0.435 e. The number of nitrogens with one attached hydrogen (secondary N) is 1. The van der Waals surface area contributed by atoms with Crippen LogP contribution < -0.4 is 4.84 Å². The summed E-state index contributed by atoms with van der Waals surface area (Å²) in [4.78, 5) is 2.32. The van der Waals surface area contributed by atoms with Gasteiger partial charge in [-0.25, -0.2) is 9.52 Å². The molecule has 0 saturated carbocycles. The molecule has 1 N–H and O–H groups in total. The number of aromatic nitrogens is 2. The van der Waals surface area contributed by atoms with E-state index >= 15 is 0 Å². The second kappa shape index (κ2) is 5.22. The average molecular weight is 290 g/mol. The number of rotatable bonds is 3. The van der Waals surface area contributed by atoms with Gasteiger partial charge in [0.25, 0.3) is 0 Å². The fraction of sp³-hybridized carbons (Fsp3) is 0.250. The third-order valence-corrected chi connectivity index (χ3v) is 2.70. The van der Waals surface area contributed by atoms with Crippen LogP contribution in [0.3, 0.4) is 0 Å². The summed E-state index contributed by atoms with van der Waals surface area (Å²) in [6, 6.07) is 8.05. The normalized spacial score (nSPS) is 11.8. The van der Waals surface area contributed by atoms with Crippen molar-refractivity contribution in [2.24, 2.45) is 0 Å². The molecule has 0 aliphatic rings. The molecule has 0 radical (unpaired) electrons. The van der Waals surface area contributed by atoms with Crippen LogP contribution in [0.15, 0.2) is 30.3 Å². The predicted octanol–water partition coefficient (Wildman–Crippen LogP) is 3.44. The molecule has 1 aromatic heterocycles. The van der Waals surface area contributed by atoms with Crippen LogP contribution in [0.4, 0.5) is 13.2 Å². The summed E-state index contributed by atoms with van der Waals surface area (Å²) in [6.45, 7) is 1.94. The first kappa shape index (κ1) is 13.9. The van der Waals surface area contributed by atoms with Crippen LogP contribution in [0, 0.1) is 6.92 Å². The highest BCUT2D eigenvalue weighted by Gasteiger charge is 2.35. The van der Waals surface area contributed by atoms with E-state index in [4.69, 9.17) is 11.8 Å². The van der Waals surface area contributed by atoms with E-state index in [0.29, 0.717) is 11.4 Å². The number of hydrogen-bond acceptors (Lipinski definition) is 2. The Morgan fingerprint density at radius 1 is 1.32 bits per heavy atom. The van der Waals surface area contributed by atoms with Crippen molar-refractivity contribution in [1.29, 1.82) is 0 Å². The van der Waals surface area contributed by atoms with Crippen LogP contribution in [0.25, 0.3) is 5.69 Å². The zero-order valence-corrected chi connectivity index (χ0v) is 10.8. The van der Waals surface area contributed by atoms with Crippen LogP contribution in [-0.4, -0.2) is 9.78 Å². The summed E-state index contributed by atoms with van der Waals surface area (Å²) in [5.41, 5.74) is 0.910. The van der Waals surface area contributed by atoms with Crippen LogP contribution in [0.1, 0.15) is 17.0 Å². The third-order valence-electron chi connectivity index (χ3n) is 2.57. The topological polar surface area (TPSA) is 29.9 Å². The minimum Gasteiger partial charge on any atom is -0.236 e. The van der Waals surface area contributed by atoms with Gasteiger partial charge in [0.2, 0.25) is 0 Å². The minimum atomic E-state index is -4.48. The molecule has 102 valence electrons. The zero-order valence-electron chi connectivity index (χ0n) is 10.0. The van der Waals surface area contributed by atoms with Gasteiger partial charge in [0, 0.05) is 0 Å². The molecule has 0 aliphatic carbocycles. The van der Waals surface area contributed by atoms with Crippen molar-refractivity contribution in [2.75, 3.05) is 0 Å². The van der Waals surface area contributed by atoms with Crippen molar-refractivity contribution in [1.82, 2.24) is 14.6 Å². The summed E-state index contributed by atoms with van der Waals surface area (Å²) in [6.07, 6.45) is -4.48. The lowest BCUT2D eigenvalue weighted by Crippen LogP contribution is -2.09. The zero-order chi connectivity index (χ0) is 14.0. The first-order valence-corrected chi connectivity index (χ1v) is 5.86. The molecule has 2 rings (SSSR count). The molecule has 0 bridgehead atoms. The van der Waals surface area contributed by atoms with E-state index in [9.17, 15) is 13.2 Å². The Morgan fingerprint density at radius 2 is 2.05 bits per heavy atom. The number of hydrogen-bond donors (Lipinski definition) is 1. The van der Waals surface area contributed by atoms with Crippen LogP contribution >= 0.6 is 11.8 Å². The SMILES string of the molecule is Cc1cccc(-n2nc(C(F)(F)F)cc2CNCl)c1. The largest absolute Gasteiger partial charge is 0.435 e. The maximum absolute atomic E-state index is 12.7. The monoisotopic (exact) mass is 289 g/mol. The molecule has 1 aromatic carbocycles. The fourth-order valence-corrected chi connectivity index (χ4v) is 1.87. The van der Waals surface area contributed by atoms with Gasteiger partial charge in [-0.05, 0) is 42.5 Å². The van der Waals surface area contributed by atoms with Gasteiger partial charge in [-0.3, -0.25) is 0 Å². The van der Waals surface area contributed by atoms with Crippen molar-refractivity contribution in [3.8, 4) is 5.69 Å². The Morgan fingerprint density at radius 3 is 2.63 bits per heavy atom. The Bertz CT molecular complexity index is 578. The molecule has 0 spiro atoms. The van der Waals surface area contributed by atoms with Crippen molar-refractivity contribution in [3.05, 3.63) is 47.3 Å². The van der Waals surface area contributed by atoms with Crippen molar-refractivity contribution >= 4 is 11.8 Å². The molecule has 0 saturated heterocycles. The Hall–Kier alpha value is -1.53. The summed E-state index contributed by atoms with van der Waals surface area (Å²) < 4.78 is 39.3. The van der Waals surface area contributed by atoms with Gasteiger partial charge in [-0.1, -0.05) is 12.1 Å². The molecule has 2 aromatic rings. The van der Waals surface area contributed by atoms with Gasteiger partial charge in [0.1, 0.15) is 0 Å². The third kappa shape index (κ3) is 3.08. The smallest absolute Gasteiger partial charge is 0.236 e. The highest BCUT2D eigenvalue weighted by molar-refractivity contribution is 6.13. The fourth-order valence-electron chi connectivity index (χ4n) is 1.74. The number of alkyl halides is 3. The number of nitrogens with zero attached hydrogens (tertiary/aromatic N) is 2. The molecule has 0 unspecified atom stereocenters. The summed E-state index contributed by atoms with van der Waals surface area (Å²) >= 11 is 5.38. The van der Waals surface area contributed by atoms with Crippen LogP contribution in [0.2, 0.25) is 0 Å². The van der Waals surface area contributed by atoms with Gasteiger partial charge in [0.15, 0.2) is 5.69 Å². The van der Waals surface area contributed by atoms with E-state index in [0.717, 1.165) is 11.6 Å². The Labute approximate surface area is 113 Å². The molecule has 7 heteroatoms. The number of benzene rings is 1. The van der Waals surface area contributed by atoms with E-state index in [2.05, 4.69) is 9.93 Å². The van der Waals surface area contributed by atoms with Gasteiger partial charge in [0.05, 0.1) is 17.9 Å². The van der Waals surface area contributed by atoms with Crippen molar-refractivity contribution in [3.63, 3.8) is 0 Å². The highest BCUT2D eigenvalue weighted by atomic mass is 35.5. The summed E-state index contributed by atoms with van der Waals surface area (Å²) in [7, 11) is 0. The lowest BCUT2D eigenvalue weighted by Gasteiger charge is -2.07. The van der Waals surface area contributed by atoms with Gasteiger partial charge in [-0.2, -0.15) is 18.3 Å². The molecular weight excluding hydrogens is 279 g/mol. The van der Waals surface area contributed by atoms with Gasteiger partial charge < -0.3 is 0 Å². The molecule has 0 aliphatic heterocycles. The number of halogens is 4. The lowest BCUT2D eigenvalue weighted by molar-refractivity contribution is -0.141. The van der Waals surface area contributed by atoms with Gasteiger partial charge >= 0.3 is 6.18 Å². The molecule has 0 atom stereocenters. The van der Waals surface area contributed by atoms with Crippen molar-refractivity contribution < 1.29 is 13.2 Å². The molecule has 3 nitrogen and oxygen atoms in total. The Balaban J connectivity index is 2.52. The summed E-state index contributed by atoms with van der Waals surface area (Å²) in [5.74, 6) is 0. The first-order valence-electron chi connectivity index (χ1n) is 5.48. The second-order valence-electron chi connectivity index (χ2n) is 4.08. The highest BCUT2D eigenvalue weighted by Crippen LogP contribution is 2.29. The number of aryl methyl sites for hydroxylation is 1. The second-order valence-corrected chi connectivity index (χ2v) is 4.35. The Kier molecular flexibility index (Phi) is 3.82. The molecule has 1 heterocycles. The van der Waals surface area contributed by atoms with E-state index in [1.165, 1.54) is 4.68 Å². The van der Waals surface area contributed by atoms with Crippen molar-refractivity contribution in [2.45, 2.75) is 19.6 Å². The van der Waals surface area contributed by atoms with Crippen LogP contribution in [0.5, 0.6) is 0 Å². The minimum absolute atomic E-state index is 0.0819. The quantitative estimate of drug-likeness (QED) is 0.877. The van der Waals surface area contributed by atoms with Crippen LogP contribution in [-0.2, 0) is 12.7 Å². The molecular formula is C12H11ClF3N3. The van der Waals surface area contributed by atoms with Gasteiger partial charge in [-0.15, -0.1) is 0 Å². The molecule has 19 heavy (non-hydrogen) atoms. The maximum atomic E-state index is 12.7.